The first-order chi connectivity index (χ1) is 13.2. The number of amides is 1. The van der Waals surface area contributed by atoms with Gasteiger partial charge in [-0.15, -0.1) is 0 Å². The highest BCUT2D eigenvalue weighted by Crippen LogP contribution is 2.20. The lowest BCUT2D eigenvalue weighted by Crippen LogP contribution is -2.48. The summed E-state index contributed by atoms with van der Waals surface area (Å²) in [5, 5.41) is 0. The third-order valence-electron chi connectivity index (χ3n) is 4.94. The highest BCUT2D eigenvalue weighted by atomic mass is 32.2. The van der Waals surface area contributed by atoms with Crippen molar-refractivity contribution in [3.63, 3.8) is 0 Å². The third-order valence-corrected chi connectivity index (χ3v) is 7.27. The van der Waals surface area contributed by atoms with E-state index in [1.54, 1.807) is 7.05 Å². The number of aromatic nitrogens is 3. The van der Waals surface area contributed by atoms with Crippen molar-refractivity contribution in [3.05, 3.63) is 35.1 Å². The molecule has 0 spiro atoms. The first-order valence-electron chi connectivity index (χ1n) is 9.18. The zero-order valence-electron chi connectivity index (χ0n) is 16.1. The lowest BCUT2D eigenvalue weighted by Gasteiger charge is -2.33. The van der Waals surface area contributed by atoms with Crippen LogP contribution in [0.15, 0.2) is 29.6 Å². The van der Waals surface area contributed by atoms with Gasteiger partial charge >= 0.3 is 0 Å². The zero-order valence-corrected chi connectivity index (χ0v) is 17.7. The summed E-state index contributed by atoms with van der Waals surface area (Å²) < 4.78 is 33.5. The number of primary amides is 1. The number of hydrogen-bond acceptors (Lipinski definition) is 5. The monoisotopic (exact) mass is 426 g/mol. The van der Waals surface area contributed by atoms with E-state index in [9.17, 15) is 13.2 Å². The van der Waals surface area contributed by atoms with E-state index in [4.69, 9.17) is 18.0 Å². The molecular weight excluding hydrogens is 400 g/mol. The standard InChI is InChI=1S/C17H26N6O3S2/c1-3-4-21-7-8-22(17(21)27)13-20-5-9-23(10-6-20)28(25,26)14-11-15(16(18)24)19(2)12-14/h7-8,11-12H,3-6,9-10,13H2,1-2H3,(H2,18,24). The van der Waals surface area contributed by atoms with Gasteiger partial charge in [-0.3, -0.25) is 9.69 Å². The second-order valence-corrected chi connectivity index (χ2v) is 9.25. The minimum Gasteiger partial charge on any atom is -0.364 e. The molecule has 0 saturated carbocycles. The van der Waals surface area contributed by atoms with Gasteiger partial charge in [0.15, 0.2) is 4.77 Å². The highest BCUT2D eigenvalue weighted by molar-refractivity contribution is 7.89. The molecule has 3 heterocycles. The van der Waals surface area contributed by atoms with Crippen LogP contribution in [0.1, 0.15) is 23.8 Å². The summed E-state index contributed by atoms with van der Waals surface area (Å²) in [7, 11) is -2.06. The SMILES string of the molecule is CCCn1ccn(CN2CCN(S(=O)(=O)c3cc(C(N)=O)n(C)c3)CC2)c1=S. The Hall–Kier alpha value is -1.95. The largest absolute Gasteiger partial charge is 0.364 e. The predicted molar refractivity (Wildman–Crippen MR) is 108 cm³/mol. The second kappa shape index (κ2) is 8.19. The molecule has 0 atom stereocenters. The van der Waals surface area contributed by atoms with Crippen molar-refractivity contribution in [2.24, 2.45) is 12.8 Å². The number of nitrogens with two attached hydrogens (primary N) is 1. The van der Waals surface area contributed by atoms with Crippen LogP contribution in [0.3, 0.4) is 0 Å². The maximum Gasteiger partial charge on any atom is 0.265 e. The molecule has 1 fully saturated rings. The Morgan fingerprint density at radius 2 is 1.82 bits per heavy atom. The number of carbonyl (C=O) groups is 1. The molecule has 1 aliphatic rings. The molecule has 28 heavy (non-hydrogen) atoms. The summed E-state index contributed by atoms with van der Waals surface area (Å²) in [6.45, 7) is 5.61. The van der Waals surface area contributed by atoms with E-state index >= 15 is 0 Å². The van der Waals surface area contributed by atoms with Gasteiger partial charge in [-0.2, -0.15) is 4.31 Å². The summed E-state index contributed by atoms with van der Waals surface area (Å²) >= 11 is 5.49. The average molecular weight is 427 g/mol. The van der Waals surface area contributed by atoms with Crippen molar-refractivity contribution >= 4 is 28.1 Å². The van der Waals surface area contributed by atoms with Crippen LogP contribution >= 0.6 is 12.2 Å². The van der Waals surface area contributed by atoms with Gasteiger partial charge < -0.3 is 19.4 Å². The normalized spacial score (nSPS) is 16.5. The van der Waals surface area contributed by atoms with E-state index in [2.05, 4.69) is 11.8 Å². The minimum absolute atomic E-state index is 0.0936. The number of sulfonamides is 1. The number of hydrogen-bond donors (Lipinski definition) is 1. The van der Waals surface area contributed by atoms with E-state index in [1.807, 2.05) is 21.5 Å². The maximum atomic E-state index is 12.9. The van der Waals surface area contributed by atoms with Crippen LogP contribution in [0.2, 0.25) is 0 Å². The van der Waals surface area contributed by atoms with Crippen molar-refractivity contribution in [1.29, 1.82) is 0 Å². The first-order valence-corrected chi connectivity index (χ1v) is 11.0. The number of aryl methyl sites for hydroxylation is 2. The fourth-order valence-corrected chi connectivity index (χ4v) is 5.13. The molecule has 9 nitrogen and oxygen atoms in total. The molecule has 1 saturated heterocycles. The van der Waals surface area contributed by atoms with Gasteiger partial charge in [0.25, 0.3) is 5.91 Å². The molecule has 3 rings (SSSR count). The molecule has 0 bridgehead atoms. The van der Waals surface area contributed by atoms with Gasteiger partial charge in [0, 0.05) is 58.4 Å². The lowest BCUT2D eigenvalue weighted by atomic mass is 10.4. The Kier molecular flexibility index (Phi) is 6.08. The molecule has 2 aromatic rings. The van der Waals surface area contributed by atoms with Gasteiger partial charge in [-0.25, -0.2) is 8.42 Å². The molecule has 0 aliphatic carbocycles. The molecule has 154 valence electrons. The van der Waals surface area contributed by atoms with Crippen LogP contribution in [0.5, 0.6) is 0 Å². The fraction of sp³-hybridized carbons (Fsp3) is 0.529. The van der Waals surface area contributed by atoms with E-state index in [-0.39, 0.29) is 10.6 Å². The fourth-order valence-electron chi connectivity index (χ4n) is 3.37. The number of imidazole rings is 1. The van der Waals surface area contributed by atoms with Crippen LogP contribution in [-0.2, 0) is 30.3 Å². The third kappa shape index (κ3) is 4.07. The van der Waals surface area contributed by atoms with Crippen molar-refractivity contribution in [3.8, 4) is 0 Å². The Labute approximate surface area is 170 Å². The van der Waals surface area contributed by atoms with E-state index < -0.39 is 15.9 Å². The van der Waals surface area contributed by atoms with Crippen LogP contribution in [0.25, 0.3) is 0 Å². The minimum atomic E-state index is -3.66. The molecular formula is C17H26N6O3S2. The average Bonchev–Trinajstić information content (AvgIpc) is 3.21. The van der Waals surface area contributed by atoms with Crippen LogP contribution in [0, 0.1) is 4.77 Å². The highest BCUT2D eigenvalue weighted by Gasteiger charge is 2.30. The number of nitrogens with zero attached hydrogens (tertiary/aromatic N) is 5. The molecule has 11 heteroatoms. The Bertz CT molecular complexity index is 1010. The summed E-state index contributed by atoms with van der Waals surface area (Å²) in [4.78, 5) is 13.7. The molecule has 0 unspecified atom stereocenters. The van der Waals surface area contributed by atoms with E-state index in [1.165, 1.54) is 21.1 Å². The zero-order chi connectivity index (χ0) is 20.5. The van der Waals surface area contributed by atoms with Crippen molar-refractivity contribution < 1.29 is 13.2 Å². The maximum absolute atomic E-state index is 12.9. The van der Waals surface area contributed by atoms with Crippen LogP contribution in [-0.4, -0.2) is 63.4 Å². The topological polar surface area (TPSA) is 98.5 Å². The van der Waals surface area contributed by atoms with Crippen LogP contribution < -0.4 is 5.73 Å². The molecule has 1 aliphatic heterocycles. The van der Waals surface area contributed by atoms with Crippen molar-refractivity contribution in [2.45, 2.75) is 31.5 Å². The number of carbonyl (C=O) groups excluding carboxylic acids is 1. The first kappa shape index (κ1) is 20.8. The summed E-state index contributed by atoms with van der Waals surface area (Å²) in [5.74, 6) is -0.652. The van der Waals surface area contributed by atoms with Gasteiger partial charge in [0.05, 0.1) is 6.67 Å². The van der Waals surface area contributed by atoms with Gasteiger partial charge in [0.2, 0.25) is 10.0 Å². The van der Waals surface area contributed by atoms with Crippen LogP contribution in [0.4, 0.5) is 0 Å². The van der Waals surface area contributed by atoms with E-state index in [0.717, 1.165) is 17.7 Å². The summed E-state index contributed by atoms with van der Waals surface area (Å²) in [6.07, 6.45) is 6.40. The lowest BCUT2D eigenvalue weighted by molar-refractivity contribution is 0.0992. The molecule has 1 amide bonds. The van der Waals surface area contributed by atoms with Crippen molar-refractivity contribution in [1.82, 2.24) is 22.9 Å². The number of rotatable bonds is 7. The Balaban J connectivity index is 1.65. The molecule has 2 aromatic heterocycles. The second-order valence-electron chi connectivity index (χ2n) is 6.94. The Morgan fingerprint density at radius 3 is 2.39 bits per heavy atom. The summed E-state index contributed by atoms with van der Waals surface area (Å²) in [6, 6.07) is 1.33. The van der Waals surface area contributed by atoms with Gasteiger partial charge in [-0.1, -0.05) is 6.92 Å². The number of piperazine rings is 1. The molecule has 0 aromatic carbocycles. The smallest absolute Gasteiger partial charge is 0.265 e. The molecule has 0 radical (unpaired) electrons. The van der Waals surface area contributed by atoms with Gasteiger partial charge in [0.1, 0.15) is 10.6 Å². The quantitative estimate of drug-likeness (QED) is 0.662. The van der Waals surface area contributed by atoms with E-state index in [0.29, 0.717) is 32.8 Å². The van der Waals surface area contributed by atoms with Gasteiger partial charge in [-0.05, 0) is 24.7 Å². The summed E-state index contributed by atoms with van der Waals surface area (Å²) in [5.41, 5.74) is 5.46. The Morgan fingerprint density at radius 1 is 1.18 bits per heavy atom. The molecule has 2 N–H and O–H groups in total. The van der Waals surface area contributed by atoms with Crippen molar-refractivity contribution in [2.75, 3.05) is 26.2 Å². The predicted octanol–water partition coefficient (Wildman–Crippen LogP) is 0.830.